The van der Waals surface area contributed by atoms with Crippen LogP contribution in [0.15, 0.2) is 73.1 Å². The highest BCUT2D eigenvalue weighted by Gasteiger charge is 2.29. The zero-order valence-corrected chi connectivity index (χ0v) is 50.8. The Kier molecular flexibility index (Phi) is 26.6. The number of hydrogen-bond donors (Lipinski definition) is 4. The number of ketones is 1. The minimum Gasteiger partial charge on any atom is -0.379 e. The molecule has 0 spiro atoms. The van der Waals surface area contributed by atoms with E-state index >= 15 is 0 Å². The zero-order chi connectivity index (χ0) is 59.6. The molecule has 0 bridgehead atoms. The summed E-state index contributed by atoms with van der Waals surface area (Å²) in [5, 5.41) is 13.0. The van der Waals surface area contributed by atoms with Gasteiger partial charge in [-0.25, -0.2) is 15.0 Å². The molecule has 2 fully saturated rings. The lowest BCUT2D eigenvalue weighted by Crippen LogP contribution is -2.47. The standard InChI is InChI=1S/C62H84ClN11O9S/c1-5-74(50-14-9-12-44(2)38-50)59(78)43-73-26-11-16-52(73)53(75)39-47-18-20-48(21-19-47)61(79)66-23-8-6-7-17-56(76)64-25-34-83-37-36-81-32-22-57(77)65-24-33-82-35-31-71-27-29-72(30-28-71)55-40-49(68-46(4)69-55)41-58-67-42-54(84-58)62(80)70-60-45(3)13-10-15-51(60)63/h9-16,26,38,40,42,47-48H,5-8,17-25,27-37,39,41,43H2,1-4H3,(H,64,76)(H,65,77)(H,66,79)(H,70,80). The highest BCUT2D eigenvalue weighted by molar-refractivity contribution is 7.13. The number of carbonyl (C=O) groups excluding carboxylic acids is 6. The number of nitrogens with zero attached hydrogens (tertiary/aromatic N) is 7. The van der Waals surface area contributed by atoms with Gasteiger partial charge in [0.05, 0.1) is 72.9 Å². The molecular weight excluding hydrogens is 1110 g/mol. The third-order valence-corrected chi connectivity index (χ3v) is 16.4. The fraction of sp³-hybridized carbons (Fsp3) is 0.532. The average molecular weight is 1190 g/mol. The lowest BCUT2D eigenvalue weighted by molar-refractivity contribution is -0.126. The molecule has 0 unspecified atom stereocenters. The van der Waals surface area contributed by atoms with Crippen molar-refractivity contribution in [2.75, 3.05) is 114 Å². The van der Waals surface area contributed by atoms with E-state index in [0.717, 1.165) is 111 Å². The number of aromatic nitrogens is 4. The normalized spacial score (nSPS) is 15.4. The molecule has 20 nitrogen and oxygen atoms in total. The maximum Gasteiger partial charge on any atom is 0.267 e. The quantitative estimate of drug-likeness (QED) is 0.0228. The van der Waals surface area contributed by atoms with Gasteiger partial charge < -0.3 is 49.8 Å². The summed E-state index contributed by atoms with van der Waals surface area (Å²) < 4.78 is 18.7. The Bertz CT molecular complexity index is 2920. The first-order chi connectivity index (χ1) is 40.7. The number of nitrogens with one attached hydrogen (secondary N) is 4. The van der Waals surface area contributed by atoms with E-state index < -0.39 is 0 Å². The first kappa shape index (κ1) is 64.9. The molecule has 7 rings (SSSR count). The molecule has 0 atom stereocenters. The van der Waals surface area contributed by atoms with Crippen LogP contribution in [0.1, 0.15) is 119 Å². The van der Waals surface area contributed by atoms with Gasteiger partial charge in [0.1, 0.15) is 23.1 Å². The van der Waals surface area contributed by atoms with Crippen LogP contribution >= 0.6 is 22.9 Å². The third-order valence-electron chi connectivity index (χ3n) is 15.1. The van der Waals surface area contributed by atoms with Gasteiger partial charge in [0.15, 0.2) is 5.78 Å². The minimum atomic E-state index is -0.252. The summed E-state index contributed by atoms with van der Waals surface area (Å²) in [5.74, 6) is 1.33. The SMILES string of the molecule is CCN(C(=O)Cn1cccc1C(=O)CC1CCC(C(=O)NCCCCCC(=O)NCCOCCOCCC(=O)NCCOCCN2CCN(c3cc(Cc4ncc(C(=O)Nc5c(C)cccc5Cl)s4)nc(C)n3)CC2)CC1)c1cccc(C)c1. The number of amides is 5. The Labute approximate surface area is 503 Å². The lowest BCUT2D eigenvalue weighted by atomic mass is 9.79. The summed E-state index contributed by atoms with van der Waals surface area (Å²) in [7, 11) is 0. The molecule has 22 heteroatoms. The van der Waals surface area contributed by atoms with Crippen LogP contribution in [0, 0.1) is 32.6 Å². The van der Waals surface area contributed by atoms with Gasteiger partial charge in [-0.15, -0.1) is 11.3 Å². The molecule has 2 aromatic carbocycles. The van der Waals surface area contributed by atoms with Crippen molar-refractivity contribution in [2.45, 2.75) is 105 Å². The van der Waals surface area contributed by atoms with E-state index in [4.69, 9.17) is 30.8 Å². The Morgan fingerprint density at radius 3 is 2.21 bits per heavy atom. The van der Waals surface area contributed by atoms with Crippen molar-refractivity contribution in [2.24, 2.45) is 11.8 Å². The van der Waals surface area contributed by atoms with Gasteiger partial charge in [-0.3, -0.25) is 33.7 Å². The van der Waals surface area contributed by atoms with Gasteiger partial charge >= 0.3 is 0 Å². The van der Waals surface area contributed by atoms with Crippen molar-refractivity contribution in [3.63, 3.8) is 0 Å². The van der Waals surface area contributed by atoms with E-state index in [9.17, 15) is 28.8 Å². The van der Waals surface area contributed by atoms with Gasteiger partial charge in [-0.1, -0.05) is 42.3 Å². The summed E-state index contributed by atoms with van der Waals surface area (Å²) in [6.45, 7) is 16.2. The number of ether oxygens (including phenoxy) is 3. The van der Waals surface area contributed by atoms with Gasteiger partial charge in [0.2, 0.25) is 23.6 Å². The molecule has 4 N–H and O–H groups in total. The van der Waals surface area contributed by atoms with E-state index in [1.54, 1.807) is 34.0 Å². The largest absolute Gasteiger partial charge is 0.379 e. The summed E-state index contributed by atoms with van der Waals surface area (Å²) in [6.07, 6.45) is 10.4. The summed E-state index contributed by atoms with van der Waals surface area (Å²) in [4.78, 5) is 98.0. The van der Waals surface area contributed by atoms with Crippen LogP contribution in [0.5, 0.6) is 0 Å². The molecule has 2 aliphatic rings. The van der Waals surface area contributed by atoms with E-state index in [1.807, 2.05) is 76.2 Å². The number of rotatable bonds is 34. The molecule has 1 saturated heterocycles. The van der Waals surface area contributed by atoms with Crippen LogP contribution in [0.25, 0.3) is 0 Å². The highest BCUT2D eigenvalue weighted by atomic mass is 35.5. The molecule has 1 saturated carbocycles. The van der Waals surface area contributed by atoms with Crippen LogP contribution in [0.4, 0.5) is 17.2 Å². The number of halogens is 1. The van der Waals surface area contributed by atoms with E-state index in [2.05, 4.69) is 41.0 Å². The van der Waals surface area contributed by atoms with Crippen molar-refractivity contribution < 1.29 is 43.0 Å². The van der Waals surface area contributed by atoms with Crippen LogP contribution < -0.4 is 31.1 Å². The molecule has 5 aromatic rings. The zero-order valence-electron chi connectivity index (χ0n) is 49.3. The van der Waals surface area contributed by atoms with E-state index in [-0.39, 0.29) is 66.7 Å². The van der Waals surface area contributed by atoms with Crippen LogP contribution in [-0.4, -0.2) is 158 Å². The summed E-state index contributed by atoms with van der Waals surface area (Å²) in [5.41, 5.74) is 4.80. The number of unbranched alkanes of at least 4 members (excludes halogenated alkanes) is 2. The molecule has 3 aromatic heterocycles. The molecule has 454 valence electrons. The second kappa shape index (κ2) is 34.4. The first-order valence-corrected chi connectivity index (χ1v) is 30.8. The number of hydrogen-bond acceptors (Lipinski definition) is 15. The Hall–Kier alpha value is -6.62. The molecular formula is C62H84ClN11O9S. The molecule has 4 heterocycles. The van der Waals surface area contributed by atoms with Gasteiger partial charge in [0.25, 0.3) is 5.91 Å². The second-order valence-corrected chi connectivity index (χ2v) is 23.0. The number of aryl methyl sites for hydroxylation is 3. The van der Waals surface area contributed by atoms with Crippen LogP contribution in [0.2, 0.25) is 5.02 Å². The van der Waals surface area contributed by atoms with Gasteiger partial charge in [-0.05, 0) is 114 Å². The number of likely N-dealkylation sites (N-methyl/N-ethyl adjacent to an activating group) is 1. The van der Waals surface area contributed by atoms with Crippen molar-refractivity contribution in [3.05, 3.63) is 116 Å². The fourth-order valence-corrected chi connectivity index (χ4v) is 11.5. The maximum atomic E-state index is 13.4. The Balaban J connectivity index is 0.623. The number of benzene rings is 2. The van der Waals surface area contributed by atoms with Crippen molar-refractivity contribution in [1.82, 2.24) is 40.4 Å². The average Bonchev–Trinajstić information content (AvgIpc) is 4.19. The van der Waals surface area contributed by atoms with Gasteiger partial charge in [-0.2, -0.15) is 0 Å². The number of carbonyl (C=O) groups is 6. The van der Waals surface area contributed by atoms with Crippen LogP contribution in [0.3, 0.4) is 0 Å². The highest BCUT2D eigenvalue weighted by Crippen LogP contribution is 2.32. The third kappa shape index (κ3) is 21.2. The molecule has 84 heavy (non-hydrogen) atoms. The first-order valence-electron chi connectivity index (χ1n) is 29.7. The van der Waals surface area contributed by atoms with Gasteiger partial charge in [0, 0.05) is 108 Å². The number of para-hydroxylation sites is 1. The minimum absolute atomic E-state index is 0.0262. The number of thiazole rings is 1. The van der Waals surface area contributed by atoms with Crippen LogP contribution in [-0.2, 0) is 46.4 Å². The second-order valence-electron chi connectivity index (χ2n) is 21.5. The molecule has 0 radical (unpaired) electrons. The van der Waals surface area contributed by atoms with Crippen molar-refractivity contribution >= 4 is 75.4 Å². The molecule has 1 aliphatic carbocycles. The molecule has 1 aliphatic heterocycles. The topological polar surface area (TPSA) is 232 Å². The predicted molar refractivity (Wildman–Crippen MR) is 327 cm³/mol. The smallest absolute Gasteiger partial charge is 0.267 e. The Morgan fingerprint density at radius 2 is 1.48 bits per heavy atom. The van der Waals surface area contributed by atoms with Crippen molar-refractivity contribution in [1.29, 1.82) is 0 Å². The monoisotopic (exact) mass is 1190 g/mol. The fourth-order valence-electron chi connectivity index (χ4n) is 10.4. The number of Topliss-reactive ketones (excluding diaryl/α,β-unsaturated/α-hetero) is 1. The van der Waals surface area contributed by atoms with E-state index in [1.165, 1.54) is 11.3 Å². The maximum absolute atomic E-state index is 13.4. The number of anilines is 3. The number of piperazine rings is 1. The Morgan fingerprint density at radius 1 is 0.750 bits per heavy atom. The molecule has 5 amide bonds. The predicted octanol–water partition coefficient (Wildman–Crippen LogP) is 7.76. The summed E-state index contributed by atoms with van der Waals surface area (Å²) >= 11 is 7.65. The summed E-state index contributed by atoms with van der Waals surface area (Å²) in [6, 6.07) is 19.0. The van der Waals surface area contributed by atoms with Crippen molar-refractivity contribution in [3.8, 4) is 0 Å². The van der Waals surface area contributed by atoms with E-state index in [0.29, 0.717) is 106 Å². The lowest BCUT2D eigenvalue weighted by Gasteiger charge is -2.35.